The summed E-state index contributed by atoms with van der Waals surface area (Å²) in [6, 6.07) is 0. The molecule has 0 aliphatic carbocycles. The number of nitrogens with one attached hydrogen (secondary N) is 1. The fourth-order valence-corrected chi connectivity index (χ4v) is 0.535. The summed E-state index contributed by atoms with van der Waals surface area (Å²) in [6.07, 6.45) is 4.90. The van der Waals surface area contributed by atoms with Crippen LogP contribution >= 0.6 is 0 Å². The summed E-state index contributed by atoms with van der Waals surface area (Å²) in [5.41, 5.74) is 0. The molecule has 0 saturated carbocycles. The fraction of sp³-hybridized carbons (Fsp3) is 0.400. The molecule has 7 heavy (non-hydrogen) atoms. The Bertz CT molecular complexity index is 113. The van der Waals surface area contributed by atoms with Gasteiger partial charge < -0.3 is 5.32 Å². The zero-order chi connectivity index (χ0) is 5.11. The minimum atomic E-state index is 0.982. The topological polar surface area (TPSA) is 24.4 Å². The fourth-order valence-electron chi connectivity index (χ4n) is 0.535. The third-order valence-electron chi connectivity index (χ3n) is 0.903. The van der Waals surface area contributed by atoms with Crippen LogP contribution in [0.3, 0.4) is 0 Å². The molecule has 0 spiro atoms. The lowest BCUT2D eigenvalue weighted by molar-refractivity contribution is 0.974. The van der Waals surface area contributed by atoms with Crippen LogP contribution in [-0.4, -0.2) is 13.3 Å². The Hall–Kier alpha value is -0.790. The summed E-state index contributed by atoms with van der Waals surface area (Å²) in [5, 5.41) is 2.93. The van der Waals surface area contributed by atoms with Crippen molar-refractivity contribution in [3.8, 4) is 0 Å². The van der Waals surface area contributed by atoms with Crippen LogP contribution in [0.25, 0.3) is 0 Å². The predicted molar refractivity (Wildman–Crippen MR) is 30.3 cm³/mol. The molecule has 0 aromatic heterocycles. The first-order valence-electron chi connectivity index (χ1n) is 2.34. The highest BCUT2D eigenvalue weighted by atomic mass is 15.0. The van der Waals surface area contributed by atoms with Crippen LogP contribution in [0.5, 0.6) is 0 Å². The van der Waals surface area contributed by atoms with Gasteiger partial charge in [0.15, 0.2) is 0 Å². The minimum absolute atomic E-state index is 0.982. The molecule has 0 aromatic carbocycles. The van der Waals surface area contributed by atoms with Crippen LogP contribution in [-0.2, 0) is 0 Å². The molecular weight excluding hydrogens is 88.1 g/mol. The summed E-state index contributed by atoms with van der Waals surface area (Å²) < 4.78 is 0. The van der Waals surface area contributed by atoms with E-state index in [4.69, 9.17) is 0 Å². The van der Waals surface area contributed by atoms with Crippen molar-refractivity contribution in [3.63, 3.8) is 0 Å². The van der Waals surface area contributed by atoms with E-state index in [1.807, 2.05) is 19.3 Å². The Labute approximate surface area is 42.9 Å². The second-order valence-corrected chi connectivity index (χ2v) is 1.39. The molecule has 0 bridgehead atoms. The van der Waals surface area contributed by atoms with Crippen LogP contribution in [0.1, 0.15) is 6.42 Å². The zero-order valence-corrected chi connectivity index (χ0v) is 4.31. The van der Waals surface area contributed by atoms with Crippen molar-refractivity contribution in [2.45, 2.75) is 6.42 Å². The van der Waals surface area contributed by atoms with Gasteiger partial charge in [-0.3, -0.25) is 0 Å². The van der Waals surface area contributed by atoms with Crippen LogP contribution in [0.4, 0.5) is 0 Å². The van der Waals surface area contributed by atoms with Gasteiger partial charge >= 0.3 is 0 Å². The molecule has 1 rings (SSSR count). The van der Waals surface area contributed by atoms with Crippen LogP contribution in [0.2, 0.25) is 0 Å². The highest BCUT2D eigenvalue weighted by molar-refractivity contribution is 5.64. The summed E-state index contributed by atoms with van der Waals surface area (Å²) in [6.45, 7) is 0. The molecule has 0 fully saturated rings. The molecule has 0 saturated heterocycles. The van der Waals surface area contributed by atoms with E-state index < -0.39 is 0 Å². The molecule has 2 heteroatoms. The van der Waals surface area contributed by atoms with Crippen LogP contribution < -0.4 is 5.32 Å². The van der Waals surface area contributed by atoms with Gasteiger partial charge in [-0.2, -0.15) is 0 Å². The van der Waals surface area contributed by atoms with Crippen molar-refractivity contribution < 1.29 is 0 Å². The highest BCUT2D eigenvalue weighted by Crippen LogP contribution is 1.97. The minimum Gasteiger partial charge on any atom is -0.373 e. The quantitative estimate of drug-likeness (QED) is 0.505. The van der Waals surface area contributed by atoms with E-state index in [1.54, 1.807) is 0 Å². The van der Waals surface area contributed by atoms with E-state index in [-0.39, 0.29) is 0 Å². The van der Waals surface area contributed by atoms with Crippen molar-refractivity contribution in [3.05, 3.63) is 11.9 Å². The predicted octanol–water partition coefficient (Wildman–Crippen LogP) is 0.522. The molecule has 38 valence electrons. The van der Waals surface area contributed by atoms with Gasteiger partial charge in [0.1, 0.15) is 5.82 Å². The van der Waals surface area contributed by atoms with E-state index in [0.29, 0.717) is 0 Å². The Morgan fingerprint density at radius 1 is 1.86 bits per heavy atom. The molecule has 2 nitrogen and oxygen atoms in total. The summed E-state index contributed by atoms with van der Waals surface area (Å²) in [5.74, 6) is 0.986. The van der Waals surface area contributed by atoms with Crippen molar-refractivity contribution in [2.24, 2.45) is 4.99 Å². The van der Waals surface area contributed by atoms with Gasteiger partial charge in [-0.1, -0.05) is 0 Å². The van der Waals surface area contributed by atoms with Crippen molar-refractivity contribution >= 4 is 6.21 Å². The average Bonchev–Trinajstić information content (AvgIpc) is 2.14. The SMILES string of the molecule is CNC1=CCC=N1. The van der Waals surface area contributed by atoms with E-state index in [0.717, 1.165) is 12.2 Å². The molecule has 1 aliphatic rings. The van der Waals surface area contributed by atoms with Crippen molar-refractivity contribution in [2.75, 3.05) is 7.05 Å². The molecular formula is C5H8N2. The third-order valence-corrected chi connectivity index (χ3v) is 0.903. The van der Waals surface area contributed by atoms with E-state index in [2.05, 4.69) is 10.3 Å². The normalized spacial score (nSPS) is 17.0. The monoisotopic (exact) mass is 96.1 g/mol. The summed E-state index contributed by atoms with van der Waals surface area (Å²) in [4.78, 5) is 3.98. The maximum atomic E-state index is 3.98. The Morgan fingerprint density at radius 2 is 2.71 bits per heavy atom. The second kappa shape index (κ2) is 1.78. The van der Waals surface area contributed by atoms with E-state index in [9.17, 15) is 0 Å². The van der Waals surface area contributed by atoms with Gasteiger partial charge in [0.25, 0.3) is 0 Å². The molecule has 0 atom stereocenters. The van der Waals surface area contributed by atoms with Gasteiger partial charge in [0, 0.05) is 19.7 Å². The molecule has 1 heterocycles. The molecule has 0 unspecified atom stereocenters. The van der Waals surface area contributed by atoms with Crippen LogP contribution in [0, 0.1) is 0 Å². The number of hydrogen-bond acceptors (Lipinski definition) is 2. The van der Waals surface area contributed by atoms with E-state index >= 15 is 0 Å². The average molecular weight is 96.1 g/mol. The van der Waals surface area contributed by atoms with Crippen molar-refractivity contribution in [1.29, 1.82) is 0 Å². The smallest absolute Gasteiger partial charge is 0.121 e. The van der Waals surface area contributed by atoms with Gasteiger partial charge in [-0.05, 0) is 6.08 Å². The lowest BCUT2D eigenvalue weighted by Crippen LogP contribution is -1.99. The van der Waals surface area contributed by atoms with Gasteiger partial charge in [-0.15, -0.1) is 0 Å². The van der Waals surface area contributed by atoms with Crippen LogP contribution in [0.15, 0.2) is 16.9 Å². The summed E-state index contributed by atoms with van der Waals surface area (Å²) in [7, 11) is 1.87. The largest absolute Gasteiger partial charge is 0.373 e. The zero-order valence-electron chi connectivity index (χ0n) is 4.31. The third kappa shape index (κ3) is 0.796. The molecule has 0 amide bonds. The number of nitrogens with zero attached hydrogens (tertiary/aromatic N) is 1. The number of aliphatic imine (C=N–C) groups is 1. The Balaban J connectivity index is 2.52. The molecule has 0 aromatic rings. The first-order valence-corrected chi connectivity index (χ1v) is 2.34. The van der Waals surface area contributed by atoms with Gasteiger partial charge in [0.05, 0.1) is 0 Å². The van der Waals surface area contributed by atoms with Gasteiger partial charge in [0.2, 0.25) is 0 Å². The van der Waals surface area contributed by atoms with Crippen molar-refractivity contribution in [1.82, 2.24) is 5.32 Å². The molecule has 1 aliphatic heterocycles. The number of rotatable bonds is 1. The standard InChI is InChI=1S/C5H8N2/c1-6-5-3-2-4-7-5/h3-4,6H,2H2,1H3. The second-order valence-electron chi connectivity index (χ2n) is 1.39. The highest BCUT2D eigenvalue weighted by Gasteiger charge is 1.90. The molecule has 1 N–H and O–H groups in total. The lowest BCUT2D eigenvalue weighted by atomic mass is 10.5. The lowest BCUT2D eigenvalue weighted by Gasteiger charge is -1.89. The molecule has 0 radical (unpaired) electrons. The summed E-state index contributed by atoms with van der Waals surface area (Å²) >= 11 is 0. The Morgan fingerprint density at radius 3 is 3.00 bits per heavy atom. The number of allylic oxidation sites excluding steroid dienone is 1. The first kappa shape index (κ1) is 4.37. The maximum Gasteiger partial charge on any atom is 0.121 e. The van der Waals surface area contributed by atoms with E-state index in [1.165, 1.54) is 0 Å². The number of hydrogen-bond donors (Lipinski definition) is 1. The Kier molecular flexibility index (Phi) is 1.11. The van der Waals surface area contributed by atoms with Gasteiger partial charge in [-0.25, -0.2) is 4.99 Å². The first-order chi connectivity index (χ1) is 3.43. The maximum absolute atomic E-state index is 3.98.